The molecular formula is C13H15ClF4N2O4. The summed E-state index contributed by atoms with van der Waals surface area (Å²) in [5.74, 6) is -1.43. The van der Waals surface area contributed by atoms with Gasteiger partial charge in [-0.25, -0.2) is 0 Å². The molecule has 1 saturated heterocycles. The van der Waals surface area contributed by atoms with Gasteiger partial charge in [0.25, 0.3) is 5.91 Å². The van der Waals surface area contributed by atoms with Crippen LogP contribution >= 0.6 is 12.4 Å². The van der Waals surface area contributed by atoms with Crippen molar-refractivity contribution in [1.29, 1.82) is 0 Å². The van der Waals surface area contributed by atoms with Crippen LogP contribution in [0, 0.1) is 0 Å². The number of ether oxygens (including phenoxy) is 3. The molecule has 1 aromatic carbocycles. The van der Waals surface area contributed by atoms with Gasteiger partial charge in [-0.2, -0.15) is 17.6 Å². The molecule has 0 radical (unpaired) electrons. The minimum absolute atomic E-state index is 0. The predicted octanol–water partition coefficient (Wildman–Crippen LogP) is 2.24. The van der Waals surface area contributed by atoms with Crippen molar-refractivity contribution in [1.82, 2.24) is 5.32 Å². The summed E-state index contributed by atoms with van der Waals surface area (Å²) in [4.78, 5) is 12.0. The minimum Gasteiger partial charge on any atom is -0.435 e. The van der Waals surface area contributed by atoms with E-state index in [1.165, 1.54) is 0 Å². The minimum atomic E-state index is -3.19. The molecule has 0 spiro atoms. The Kier molecular flexibility index (Phi) is 8.02. The molecule has 1 unspecified atom stereocenters. The van der Waals surface area contributed by atoms with Crippen LogP contribution in [-0.4, -0.2) is 44.9 Å². The van der Waals surface area contributed by atoms with Crippen molar-refractivity contribution in [3.05, 3.63) is 18.2 Å². The van der Waals surface area contributed by atoms with Crippen molar-refractivity contribution in [2.75, 3.05) is 25.0 Å². The van der Waals surface area contributed by atoms with Crippen LogP contribution in [-0.2, 0) is 9.53 Å². The van der Waals surface area contributed by atoms with Crippen molar-refractivity contribution in [2.45, 2.75) is 19.3 Å². The zero-order chi connectivity index (χ0) is 16.8. The number of hydrogen-bond acceptors (Lipinski definition) is 5. The van der Waals surface area contributed by atoms with E-state index in [2.05, 4.69) is 20.1 Å². The first-order chi connectivity index (χ1) is 11.0. The molecule has 1 atom stereocenters. The van der Waals surface area contributed by atoms with E-state index in [0.717, 1.165) is 18.2 Å². The Morgan fingerprint density at radius 3 is 2.54 bits per heavy atom. The van der Waals surface area contributed by atoms with E-state index in [4.69, 9.17) is 4.74 Å². The van der Waals surface area contributed by atoms with Crippen molar-refractivity contribution < 1.29 is 36.6 Å². The van der Waals surface area contributed by atoms with Gasteiger partial charge in [0.15, 0.2) is 5.75 Å². The van der Waals surface area contributed by atoms with Crippen LogP contribution in [0.1, 0.15) is 0 Å². The highest BCUT2D eigenvalue weighted by Crippen LogP contribution is 2.31. The molecule has 11 heteroatoms. The molecule has 1 aliphatic heterocycles. The fourth-order valence-corrected chi connectivity index (χ4v) is 1.92. The van der Waals surface area contributed by atoms with Gasteiger partial charge in [-0.3, -0.25) is 4.79 Å². The second-order valence-electron chi connectivity index (χ2n) is 4.47. The second kappa shape index (κ2) is 9.50. The van der Waals surface area contributed by atoms with Crippen LogP contribution < -0.4 is 20.1 Å². The van der Waals surface area contributed by atoms with E-state index in [0.29, 0.717) is 13.2 Å². The summed E-state index contributed by atoms with van der Waals surface area (Å²) < 4.78 is 62.7. The highest BCUT2D eigenvalue weighted by Gasteiger charge is 2.23. The zero-order valence-electron chi connectivity index (χ0n) is 12.1. The van der Waals surface area contributed by atoms with Crippen LogP contribution in [0.15, 0.2) is 18.2 Å². The van der Waals surface area contributed by atoms with E-state index in [1.54, 1.807) is 0 Å². The van der Waals surface area contributed by atoms with Gasteiger partial charge >= 0.3 is 13.2 Å². The first-order valence-corrected chi connectivity index (χ1v) is 6.62. The van der Waals surface area contributed by atoms with Gasteiger partial charge in [0, 0.05) is 19.2 Å². The molecule has 1 aromatic rings. The van der Waals surface area contributed by atoms with Crippen LogP contribution in [0.3, 0.4) is 0 Å². The summed E-state index contributed by atoms with van der Waals surface area (Å²) in [5, 5.41) is 5.30. The Labute approximate surface area is 140 Å². The lowest BCUT2D eigenvalue weighted by molar-refractivity contribution is -0.128. The summed E-state index contributed by atoms with van der Waals surface area (Å²) in [6.07, 6.45) is -0.792. The number of hydrogen-bond donors (Lipinski definition) is 2. The van der Waals surface area contributed by atoms with Crippen molar-refractivity contribution in [3.63, 3.8) is 0 Å². The summed E-state index contributed by atoms with van der Waals surface area (Å²) in [6.45, 7) is -5.11. The number of nitrogens with one attached hydrogen (secondary N) is 2. The number of halogens is 5. The fourth-order valence-electron chi connectivity index (χ4n) is 1.92. The first-order valence-electron chi connectivity index (χ1n) is 6.62. The van der Waals surface area contributed by atoms with Gasteiger partial charge in [0.05, 0.1) is 12.3 Å². The van der Waals surface area contributed by atoms with Crippen LogP contribution in [0.5, 0.6) is 11.5 Å². The number of alkyl halides is 4. The normalized spacial score (nSPS) is 17.3. The van der Waals surface area contributed by atoms with Crippen LogP contribution in [0.2, 0.25) is 0 Å². The average Bonchev–Trinajstić information content (AvgIpc) is 2.49. The smallest absolute Gasteiger partial charge is 0.387 e. The molecule has 2 N–H and O–H groups in total. The van der Waals surface area contributed by atoms with Gasteiger partial charge in [-0.1, -0.05) is 0 Å². The van der Waals surface area contributed by atoms with E-state index >= 15 is 0 Å². The monoisotopic (exact) mass is 374 g/mol. The van der Waals surface area contributed by atoms with E-state index in [9.17, 15) is 22.4 Å². The topological polar surface area (TPSA) is 68.8 Å². The summed E-state index contributed by atoms with van der Waals surface area (Å²) in [5.41, 5.74) is -0.105. The molecule has 6 nitrogen and oxygen atoms in total. The Bertz CT molecular complexity index is 545. The largest absolute Gasteiger partial charge is 0.435 e. The highest BCUT2D eigenvalue weighted by molar-refractivity contribution is 5.95. The molecule has 2 rings (SSSR count). The number of carbonyl (C=O) groups is 1. The average molecular weight is 375 g/mol. The maximum Gasteiger partial charge on any atom is 0.387 e. The third-order valence-electron chi connectivity index (χ3n) is 2.87. The van der Waals surface area contributed by atoms with Crippen molar-refractivity contribution >= 4 is 24.0 Å². The molecule has 24 heavy (non-hydrogen) atoms. The second-order valence-corrected chi connectivity index (χ2v) is 4.47. The van der Waals surface area contributed by atoms with E-state index in [-0.39, 0.29) is 30.4 Å². The number of anilines is 1. The Balaban J connectivity index is 0.00000288. The van der Waals surface area contributed by atoms with Gasteiger partial charge in [0.1, 0.15) is 11.9 Å². The Morgan fingerprint density at radius 1 is 1.25 bits per heavy atom. The summed E-state index contributed by atoms with van der Waals surface area (Å²) in [6, 6.07) is 3.07. The van der Waals surface area contributed by atoms with E-state index in [1.807, 2.05) is 0 Å². The molecule has 136 valence electrons. The van der Waals surface area contributed by atoms with Gasteiger partial charge < -0.3 is 24.8 Å². The molecule has 1 aliphatic rings. The molecule has 0 bridgehead atoms. The standard InChI is InChI=1S/C13H14F4N2O4.ClH/c14-12(15)22-7-1-2-8(9(5-7)23-13(16)17)19-11(20)10-6-18-3-4-21-10;/h1-2,5,10,12-13,18H,3-4,6H2,(H,19,20);1H. The SMILES string of the molecule is Cl.O=C(Nc1ccc(OC(F)F)cc1OC(F)F)C1CNCCO1. The molecule has 1 heterocycles. The van der Waals surface area contributed by atoms with Crippen LogP contribution in [0.25, 0.3) is 0 Å². The number of morpholine rings is 1. The van der Waals surface area contributed by atoms with Crippen molar-refractivity contribution in [3.8, 4) is 11.5 Å². The number of benzene rings is 1. The van der Waals surface area contributed by atoms with Crippen molar-refractivity contribution in [2.24, 2.45) is 0 Å². The lowest BCUT2D eigenvalue weighted by atomic mass is 10.2. The van der Waals surface area contributed by atoms with E-state index < -0.39 is 31.0 Å². The Morgan fingerprint density at radius 2 is 1.96 bits per heavy atom. The lowest BCUT2D eigenvalue weighted by Gasteiger charge is -2.23. The van der Waals surface area contributed by atoms with Gasteiger partial charge in [0.2, 0.25) is 0 Å². The van der Waals surface area contributed by atoms with Gasteiger partial charge in [-0.05, 0) is 12.1 Å². The van der Waals surface area contributed by atoms with Crippen LogP contribution in [0.4, 0.5) is 23.2 Å². The summed E-state index contributed by atoms with van der Waals surface area (Å²) in [7, 11) is 0. The maximum absolute atomic E-state index is 12.4. The molecule has 0 saturated carbocycles. The molecule has 0 aromatic heterocycles. The number of amides is 1. The maximum atomic E-state index is 12.4. The predicted molar refractivity (Wildman–Crippen MR) is 78.2 cm³/mol. The lowest BCUT2D eigenvalue weighted by Crippen LogP contribution is -2.45. The molecule has 1 fully saturated rings. The third kappa shape index (κ3) is 6.02. The fraction of sp³-hybridized carbons (Fsp3) is 0.462. The molecular weight excluding hydrogens is 360 g/mol. The number of carbonyl (C=O) groups excluding carboxylic acids is 1. The third-order valence-corrected chi connectivity index (χ3v) is 2.87. The van der Waals surface area contributed by atoms with Gasteiger partial charge in [-0.15, -0.1) is 12.4 Å². The Hall–Kier alpha value is -1.78. The first kappa shape index (κ1) is 20.3. The summed E-state index contributed by atoms with van der Waals surface area (Å²) >= 11 is 0. The zero-order valence-corrected chi connectivity index (χ0v) is 13.0. The number of rotatable bonds is 6. The quantitative estimate of drug-likeness (QED) is 0.747. The molecule has 0 aliphatic carbocycles. The molecule has 1 amide bonds. The highest BCUT2D eigenvalue weighted by atomic mass is 35.5.